The second-order valence-corrected chi connectivity index (χ2v) is 5.83. The lowest BCUT2D eigenvalue weighted by molar-refractivity contribution is 0.254. The molecule has 0 saturated carbocycles. The Balaban J connectivity index is 2.15. The van der Waals surface area contributed by atoms with Gasteiger partial charge in [-0.1, -0.05) is 55.8 Å². The van der Waals surface area contributed by atoms with E-state index in [1.165, 1.54) is 0 Å². The molecule has 0 aliphatic rings. The molecule has 0 fully saturated rings. The highest BCUT2D eigenvalue weighted by Gasteiger charge is 2.17. The van der Waals surface area contributed by atoms with Gasteiger partial charge >= 0.3 is 6.03 Å². The van der Waals surface area contributed by atoms with Gasteiger partial charge in [0.2, 0.25) is 0 Å². The van der Waals surface area contributed by atoms with Crippen LogP contribution in [-0.4, -0.2) is 37.1 Å². The van der Waals surface area contributed by atoms with Gasteiger partial charge in [0, 0.05) is 18.8 Å². The molecule has 2 aromatic carbocycles. The zero-order valence-corrected chi connectivity index (χ0v) is 15.0. The molecule has 0 bridgehead atoms. The summed E-state index contributed by atoms with van der Waals surface area (Å²) in [6, 6.07) is 16.8. The summed E-state index contributed by atoms with van der Waals surface area (Å²) in [5.41, 5.74) is 1.49. The summed E-state index contributed by atoms with van der Waals surface area (Å²) in [6.45, 7) is 7.61. The predicted molar refractivity (Wildman–Crippen MR) is 102 cm³/mol. The number of amides is 2. The maximum absolute atomic E-state index is 12.8. The third-order valence-electron chi connectivity index (χ3n) is 3.96. The van der Waals surface area contributed by atoms with Crippen LogP contribution in [-0.2, 0) is 0 Å². The third-order valence-corrected chi connectivity index (χ3v) is 4.29. The molecule has 0 spiro atoms. The fraction of sp³-hybridized carbons (Fsp3) is 0.316. The van der Waals surface area contributed by atoms with Crippen LogP contribution in [0.3, 0.4) is 0 Å². The third kappa shape index (κ3) is 4.98. The standard InChI is InChI=1S/C19H24ClN3O/c1-3-22(4-2)14-15-23(16-10-6-5-7-11-16)19(24)21-18-13-9-8-12-17(18)20/h5-13H,3-4,14-15H2,1-2H3,(H,21,24). The molecule has 2 rings (SSSR count). The Labute approximate surface area is 149 Å². The summed E-state index contributed by atoms with van der Waals surface area (Å²) in [4.78, 5) is 16.8. The topological polar surface area (TPSA) is 35.6 Å². The van der Waals surface area contributed by atoms with E-state index in [-0.39, 0.29) is 6.03 Å². The lowest BCUT2D eigenvalue weighted by Crippen LogP contribution is -2.41. The number of nitrogens with zero attached hydrogens (tertiary/aromatic N) is 2. The Kier molecular flexibility index (Phi) is 7.09. The van der Waals surface area contributed by atoms with Crippen molar-refractivity contribution in [3.8, 4) is 0 Å². The minimum atomic E-state index is -0.179. The predicted octanol–water partition coefficient (Wildman–Crippen LogP) is 4.72. The quantitative estimate of drug-likeness (QED) is 0.788. The first-order chi connectivity index (χ1) is 11.7. The number of anilines is 2. The van der Waals surface area contributed by atoms with Crippen molar-refractivity contribution in [1.82, 2.24) is 4.90 Å². The van der Waals surface area contributed by atoms with Crippen LogP contribution < -0.4 is 10.2 Å². The first kappa shape index (κ1) is 18.3. The Bertz CT molecular complexity index is 644. The van der Waals surface area contributed by atoms with Crippen LogP contribution in [0.15, 0.2) is 54.6 Å². The largest absolute Gasteiger partial charge is 0.326 e. The van der Waals surface area contributed by atoms with Crippen molar-refractivity contribution in [2.75, 3.05) is 36.4 Å². The Morgan fingerprint density at radius 3 is 2.21 bits per heavy atom. The van der Waals surface area contributed by atoms with Crippen LogP contribution in [0.4, 0.5) is 16.2 Å². The minimum Gasteiger partial charge on any atom is -0.306 e. The highest BCUT2D eigenvalue weighted by atomic mass is 35.5. The molecule has 0 radical (unpaired) electrons. The Morgan fingerprint density at radius 2 is 1.58 bits per heavy atom. The van der Waals surface area contributed by atoms with Crippen molar-refractivity contribution >= 4 is 29.0 Å². The van der Waals surface area contributed by atoms with Gasteiger partial charge in [0.05, 0.1) is 10.7 Å². The van der Waals surface area contributed by atoms with E-state index < -0.39 is 0 Å². The van der Waals surface area contributed by atoms with E-state index >= 15 is 0 Å². The number of benzene rings is 2. The average Bonchev–Trinajstić information content (AvgIpc) is 2.61. The lowest BCUT2D eigenvalue weighted by atomic mass is 10.3. The van der Waals surface area contributed by atoms with Crippen LogP contribution in [0.2, 0.25) is 5.02 Å². The van der Waals surface area contributed by atoms with Gasteiger partial charge in [0.1, 0.15) is 0 Å². The summed E-state index contributed by atoms with van der Waals surface area (Å²) in [6.07, 6.45) is 0. The first-order valence-electron chi connectivity index (χ1n) is 8.26. The van der Waals surface area contributed by atoms with Crippen molar-refractivity contribution in [3.63, 3.8) is 0 Å². The van der Waals surface area contributed by atoms with Crippen molar-refractivity contribution in [2.24, 2.45) is 0 Å². The molecule has 1 N–H and O–H groups in total. The van der Waals surface area contributed by atoms with Crippen LogP contribution >= 0.6 is 11.6 Å². The zero-order chi connectivity index (χ0) is 17.4. The van der Waals surface area contributed by atoms with Crippen molar-refractivity contribution in [1.29, 1.82) is 0 Å². The molecule has 2 amide bonds. The molecule has 128 valence electrons. The molecule has 24 heavy (non-hydrogen) atoms. The molecule has 0 unspecified atom stereocenters. The number of para-hydroxylation sites is 2. The molecule has 0 aliphatic heterocycles. The SMILES string of the molecule is CCN(CC)CCN(C(=O)Nc1ccccc1Cl)c1ccccc1. The van der Waals surface area contributed by atoms with Crippen molar-refractivity contribution in [2.45, 2.75) is 13.8 Å². The van der Waals surface area contributed by atoms with Crippen LogP contribution in [0.5, 0.6) is 0 Å². The minimum absolute atomic E-state index is 0.179. The molecule has 0 aromatic heterocycles. The molecular weight excluding hydrogens is 322 g/mol. The van der Waals surface area contributed by atoms with Crippen molar-refractivity contribution in [3.05, 3.63) is 59.6 Å². The Hall–Kier alpha value is -2.04. The number of hydrogen-bond acceptors (Lipinski definition) is 2. The maximum atomic E-state index is 12.8. The van der Waals surface area contributed by atoms with Crippen LogP contribution in [0.25, 0.3) is 0 Å². The van der Waals surface area contributed by atoms with E-state index in [0.717, 1.165) is 25.3 Å². The first-order valence-corrected chi connectivity index (χ1v) is 8.64. The molecule has 5 heteroatoms. The molecule has 0 atom stereocenters. The molecule has 4 nitrogen and oxygen atoms in total. The Morgan fingerprint density at radius 1 is 0.958 bits per heavy atom. The second kappa shape index (κ2) is 9.30. The van der Waals surface area contributed by atoms with Gasteiger partial charge in [-0.05, 0) is 37.4 Å². The van der Waals surface area contributed by atoms with E-state index in [1.54, 1.807) is 17.0 Å². The second-order valence-electron chi connectivity index (χ2n) is 5.42. The van der Waals surface area contributed by atoms with E-state index in [2.05, 4.69) is 24.1 Å². The number of likely N-dealkylation sites (N-methyl/N-ethyl adjacent to an activating group) is 1. The fourth-order valence-electron chi connectivity index (χ4n) is 2.48. The number of nitrogens with one attached hydrogen (secondary N) is 1. The smallest absolute Gasteiger partial charge is 0.306 e. The van der Waals surface area contributed by atoms with Crippen molar-refractivity contribution < 1.29 is 4.79 Å². The normalized spacial score (nSPS) is 10.7. The van der Waals surface area contributed by atoms with E-state index in [9.17, 15) is 4.79 Å². The molecule has 0 aliphatic carbocycles. The van der Waals surface area contributed by atoms with Crippen LogP contribution in [0, 0.1) is 0 Å². The monoisotopic (exact) mass is 345 g/mol. The van der Waals surface area contributed by atoms with Gasteiger partial charge in [-0.15, -0.1) is 0 Å². The van der Waals surface area contributed by atoms with Gasteiger partial charge in [-0.3, -0.25) is 4.90 Å². The summed E-state index contributed by atoms with van der Waals surface area (Å²) >= 11 is 6.15. The van der Waals surface area contributed by atoms with Gasteiger partial charge in [-0.2, -0.15) is 0 Å². The van der Waals surface area contributed by atoms with Gasteiger partial charge in [0.25, 0.3) is 0 Å². The lowest BCUT2D eigenvalue weighted by Gasteiger charge is -2.27. The summed E-state index contributed by atoms with van der Waals surface area (Å²) < 4.78 is 0. The number of rotatable bonds is 7. The average molecular weight is 346 g/mol. The molecule has 2 aromatic rings. The molecule has 0 saturated heterocycles. The number of carbonyl (C=O) groups excluding carboxylic acids is 1. The fourth-order valence-corrected chi connectivity index (χ4v) is 2.67. The van der Waals surface area contributed by atoms with Gasteiger partial charge in [-0.25, -0.2) is 4.79 Å². The number of carbonyl (C=O) groups is 1. The summed E-state index contributed by atoms with van der Waals surface area (Å²) in [7, 11) is 0. The highest BCUT2D eigenvalue weighted by Crippen LogP contribution is 2.22. The number of hydrogen-bond donors (Lipinski definition) is 1. The van der Waals surface area contributed by atoms with Crippen LogP contribution in [0.1, 0.15) is 13.8 Å². The zero-order valence-electron chi connectivity index (χ0n) is 14.2. The summed E-state index contributed by atoms with van der Waals surface area (Å²) in [5.74, 6) is 0. The van der Waals surface area contributed by atoms with Gasteiger partial charge in [0.15, 0.2) is 0 Å². The highest BCUT2D eigenvalue weighted by molar-refractivity contribution is 6.33. The molecular formula is C19H24ClN3O. The van der Waals surface area contributed by atoms with E-state index in [4.69, 9.17) is 11.6 Å². The van der Waals surface area contributed by atoms with E-state index in [1.807, 2.05) is 42.5 Å². The number of halogens is 1. The van der Waals surface area contributed by atoms with E-state index in [0.29, 0.717) is 17.3 Å². The maximum Gasteiger partial charge on any atom is 0.326 e. The summed E-state index contributed by atoms with van der Waals surface area (Å²) in [5, 5.41) is 3.44. The van der Waals surface area contributed by atoms with Gasteiger partial charge < -0.3 is 10.2 Å². The number of urea groups is 1. The molecule has 0 heterocycles.